The number of carbonyl (C=O) groups excluding carboxylic acids is 1. The standard InChI is InChI=1S/C16H23N3O2/c17-13-6-5-12(10-13)16(20)18-11-14(15-4-3-9-21-15)19-7-1-2-8-19/h3-6,9,12-14H,1-2,7-8,10-11,17H2,(H,18,20). The molecule has 1 amide bonds. The zero-order chi connectivity index (χ0) is 14.7. The Morgan fingerprint density at radius 1 is 1.43 bits per heavy atom. The lowest BCUT2D eigenvalue weighted by Crippen LogP contribution is -2.39. The molecule has 3 atom stereocenters. The molecule has 1 fully saturated rings. The molecule has 0 bridgehead atoms. The summed E-state index contributed by atoms with van der Waals surface area (Å²) >= 11 is 0. The molecule has 3 rings (SSSR count). The molecule has 5 heteroatoms. The van der Waals surface area contributed by atoms with Gasteiger partial charge in [-0.05, 0) is 44.5 Å². The maximum atomic E-state index is 12.2. The van der Waals surface area contributed by atoms with Gasteiger partial charge in [0.1, 0.15) is 5.76 Å². The number of nitrogens with one attached hydrogen (secondary N) is 1. The van der Waals surface area contributed by atoms with Gasteiger partial charge in [0, 0.05) is 12.6 Å². The quantitative estimate of drug-likeness (QED) is 0.805. The highest BCUT2D eigenvalue weighted by molar-refractivity contribution is 5.81. The molecule has 1 aromatic heterocycles. The van der Waals surface area contributed by atoms with E-state index in [4.69, 9.17) is 10.2 Å². The molecule has 1 aromatic rings. The van der Waals surface area contributed by atoms with Crippen LogP contribution in [0.15, 0.2) is 35.0 Å². The SMILES string of the molecule is NC1C=CC(C(=O)NCC(c2ccco2)N2CCCC2)C1. The Hall–Kier alpha value is -1.59. The molecule has 21 heavy (non-hydrogen) atoms. The maximum absolute atomic E-state index is 12.2. The highest BCUT2D eigenvalue weighted by Crippen LogP contribution is 2.25. The Morgan fingerprint density at radius 3 is 2.86 bits per heavy atom. The van der Waals surface area contributed by atoms with Crippen LogP contribution in [-0.4, -0.2) is 36.5 Å². The van der Waals surface area contributed by atoms with Crippen molar-refractivity contribution < 1.29 is 9.21 Å². The molecule has 0 spiro atoms. The molecule has 2 aliphatic rings. The molecule has 2 heterocycles. The van der Waals surface area contributed by atoms with E-state index >= 15 is 0 Å². The summed E-state index contributed by atoms with van der Waals surface area (Å²) in [6.07, 6.45) is 8.66. The van der Waals surface area contributed by atoms with Crippen LogP contribution in [0.1, 0.15) is 31.1 Å². The largest absolute Gasteiger partial charge is 0.468 e. The second kappa shape index (κ2) is 6.45. The van der Waals surface area contributed by atoms with E-state index in [1.807, 2.05) is 24.3 Å². The van der Waals surface area contributed by atoms with Crippen LogP contribution in [0, 0.1) is 5.92 Å². The summed E-state index contributed by atoms with van der Waals surface area (Å²) in [5, 5.41) is 3.06. The topological polar surface area (TPSA) is 71.5 Å². The van der Waals surface area contributed by atoms with Crippen molar-refractivity contribution in [3.8, 4) is 0 Å². The minimum atomic E-state index is -0.0872. The normalized spacial score (nSPS) is 27.1. The molecule has 0 aromatic carbocycles. The minimum absolute atomic E-state index is 0.0141. The van der Waals surface area contributed by atoms with Crippen LogP contribution < -0.4 is 11.1 Å². The van der Waals surface area contributed by atoms with Crippen LogP contribution >= 0.6 is 0 Å². The van der Waals surface area contributed by atoms with Crippen molar-refractivity contribution in [1.82, 2.24) is 10.2 Å². The summed E-state index contributed by atoms with van der Waals surface area (Å²) in [6.45, 7) is 2.72. The molecule has 0 radical (unpaired) electrons. The molecule has 1 saturated heterocycles. The van der Waals surface area contributed by atoms with Crippen molar-refractivity contribution in [1.29, 1.82) is 0 Å². The van der Waals surface area contributed by atoms with E-state index in [0.29, 0.717) is 13.0 Å². The number of amides is 1. The molecule has 3 unspecified atom stereocenters. The molecule has 114 valence electrons. The fourth-order valence-electron chi connectivity index (χ4n) is 3.19. The summed E-state index contributed by atoms with van der Waals surface area (Å²) < 4.78 is 5.56. The first-order valence-electron chi connectivity index (χ1n) is 7.73. The summed E-state index contributed by atoms with van der Waals surface area (Å²) in [6, 6.07) is 4.03. The summed E-state index contributed by atoms with van der Waals surface area (Å²) in [5.41, 5.74) is 5.81. The molecule has 0 saturated carbocycles. The zero-order valence-electron chi connectivity index (χ0n) is 12.2. The van der Waals surface area contributed by atoms with Crippen LogP contribution in [0.5, 0.6) is 0 Å². The summed E-state index contributed by atoms with van der Waals surface area (Å²) in [7, 11) is 0. The van der Waals surface area contributed by atoms with Crippen LogP contribution in [0.2, 0.25) is 0 Å². The average molecular weight is 289 g/mol. The van der Waals surface area contributed by atoms with Crippen molar-refractivity contribution in [2.75, 3.05) is 19.6 Å². The lowest BCUT2D eigenvalue weighted by molar-refractivity contribution is -0.123. The van der Waals surface area contributed by atoms with Gasteiger partial charge in [0.2, 0.25) is 5.91 Å². The lowest BCUT2D eigenvalue weighted by atomic mass is 10.1. The van der Waals surface area contributed by atoms with Crippen LogP contribution in [-0.2, 0) is 4.79 Å². The number of rotatable bonds is 5. The fraction of sp³-hybridized carbons (Fsp3) is 0.562. The van der Waals surface area contributed by atoms with E-state index < -0.39 is 0 Å². The number of nitrogens with two attached hydrogens (primary N) is 1. The van der Waals surface area contributed by atoms with Crippen molar-refractivity contribution in [3.63, 3.8) is 0 Å². The van der Waals surface area contributed by atoms with Gasteiger partial charge in [-0.3, -0.25) is 9.69 Å². The van der Waals surface area contributed by atoms with E-state index in [1.54, 1.807) is 6.26 Å². The third-order valence-electron chi connectivity index (χ3n) is 4.38. The van der Waals surface area contributed by atoms with Crippen LogP contribution in [0.4, 0.5) is 0 Å². The van der Waals surface area contributed by atoms with E-state index in [-0.39, 0.29) is 23.9 Å². The van der Waals surface area contributed by atoms with Crippen molar-refractivity contribution in [2.45, 2.75) is 31.3 Å². The number of nitrogens with zero attached hydrogens (tertiary/aromatic N) is 1. The maximum Gasteiger partial charge on any atom is 0.227 e. The van der Waals surface area contributed by atoms with Gasteiger partial charge in [-0.15, -0.1) is 0 Å². The zero-order valence-corrected chi connectivity index (χ0v) is 12.2. The Balaban J connectivity index is 1.59. The first-order chi connectivity index (χ1) is 10.2. The van der Waals surface area contributed by atoms with Crippen LogP contribution in [0.3, 0.4) is 0 Å². The van der Waals surface area contributed by atoms with Gasteiger partial charge >= 0.3 is 0 Å². The number of carbonyl (C=O) groups is 1. The Morgan fingerprint density at radius 2 is 2.24 bits per heavy atom. The first-order valence-corrected chi connectivity index (χ1v) is 7.73. The Bertz CT molecular complexity index is 492. The highest BCUT2D eigenvalue weighted by atomic mass is 16.3. The van der Waals surface area contributed by atoms with Crippen molar-refractivity contribution >= 4 is 5.91 Å². The number of furan rings is 1. The van der Waals surface area contributed by atoms with Gasteiger partial charge in [0.15, 0.2) is 0 Å². The van der Waals surface area contributed by atoms with Gasteiger partial charge in [-0.25, -0.2) is 0 Å². The first kappa shape index (κ1) is 14.4. The number of hydrogen-bond donors (Lipinski definition) is 2. The molecular weight excluding hydrogens is 266 g/mol. The molecule has 1 aliphatic carbocycles. The second-order valence-electron chi connectivity index (χ2n) is 5.91. The lowest BCUT2D eigenvalue weighted by Gasteiger charge is -2.26. The van der Waals surface area contributed by atoms with Gasteiger partial charge < -0.3 is 15.5 Å². The van der Waals surface area contributed by atoms with E-state index in [2.05, 4.69) is 10.2 Å². The number of hydrogen-bond acceptors (Lipinski definition) is 4. The monoisotopic (exact) mass is 289 g/mol. The van der Waals surface area contributed by atoms with Gasteiger partial charge in [0.05, 0.1) is 18.2 Å². The predicted octanol–water partition coefficient (Wildman–Crippen LogP) is 1.44. The Labute approximate surface area is 125 Å². The molecule has 5 nitrogen and oxygen atoms in total. The van der Waals surface area contributed by atoms with Crippen LogP contribution in [0.25, 0.3) is 0 Å². The van der Waals surface area contributed by atoms with Gasteiger partial charge in [-0.2, -0.15) is 0 Å². The average Bonchev–Trinajstić information content (AvgIpc) is 3.21. The van der Waals surface area contributed by atoms with E-state index in [9.17, 15) is 4.79 Å². The molecular formula is C16H23N3O2. The molecule has 1 aliphatic heterocycles. The van der Waals surface area contributed by atoms with E-state index in [1.165, 1.54) is 12.8 Å². The van der Waals surface area contributed by atoms with Crippen molar-refractivity contribution in [3.05, 3.63) is 36.3 Å². The Kier molecular flexibility index (Phi) is 4.41. The minimum Gasteiger partial charge on any atom is -0.468 e. The smallest absolute Gasteiger partial charge is 0.227 e. The van der Waals surface area contributed by atoms with E-state index in [0.717, 1.165) is 18.8 Å². The van der Waals surface area contributed by atoms with Gasteiger partial charge in [0.25, 0.3) is 0 Å². The third kappa shape index (κ3) is 3.36. The second-order valence-corrected chi connectivity index (χ2v) is 5.91. The third-order valence-corrected chi connectivity index (χ3v) is 4.38. The fourth-order valence-corrected chi connectivity index (χ4v) is 3.19. The molecule has 3 N–H and O–H groups in total. The van der Waals surface area contributed by atoms with Gasteiger partial charge in [-0.1, -0.05) is 12.2 Å². The summed E-state index contributed by atoms with van der Waals surface area (Å²) in [5.74, 6) is 0.904. The van der Waals surface area contributed by atoms with Crippen molar-refractivity contribution in [2.24, 2.45) is 11.7 Å². The number of likely N-dealkylation sites (tertiary alicyclic amines) is 1. The predicted molar refractivity (Wildman–Crippen MR) is 80.5 cm³/mol. The highest BCUT2D eigenvalue weighted by Gasteiger charge is 2.28. The summed E-state index contributed by atoms with van der Waals surface area (Å²) in [4.78, 5) is 14.6.